The minimum atomic E-state index is -0.154. The molecule has 4 heteroatoms. The van der Waals surface area contributed by atoms with Crippen molar-refractivity contribution in [1.82, 2.24) is 0 Å². The molecule has 0 fully saturated rings. The highest BCUT2D eigenvalue weighted by molar-refractivity contribution is 6.04. The van der Waals surface area contributed by atoms with Crippen LogP contribution in [0.3, 0.4) is 0 Å². The molecule has 0 saturated carbocycles. The molecule has 0 bridgehead atoms. The number of carbonyl (C=O) groups excluding carboxylic acids is 2. The first kappa shape index (κ1) is 14.8. The molecular formula is C19H15NO3. The number of rotatable bonds is 4. The molecule has 0 aliphatic carbocycles. The molecule has 0 atom stereocenters. The van der Waals surface area contributed by atoms with E-state index in [-0.39, 0.29) is 11.7 Å². The van der Waals surface area contributed by atoms with E-state index in [1.807, 2.05) is 31.2 Å². The summed E-state index contributed by atoms with van der Waals surface area (Å²) in [4.78, 5) is 22.8. The molecule has 1 amide bonds. The van der Waals surface area contributed by atoms with Crippen molar-refractivity contribution >= 4 is 17.9 Å². The van der Waals surface area contributed by atoms with E-state index in [4.69, 9.17) is 4.42 Å². The van der Waals surface area contributed by atoms with Gasteiger partial charge in [0.25, 0.3) is 5.91 Å². The SMILES string of the molecule is Cc1ccc(C(=O)Nc2ccc(-c3ccc(C=O)o3)cc2)cc1. The van der Waals surface area contributed by atoms with Crippen LogP contribution in [0.4, 0.5) is 5.69 Å². The van der Waals surface area contributed by atoms with E-state index in [2.05, 4.69) is 5.32 Å². The molecule has 4 nitrogen and oxygen atoms in total. The van der Waals surface area contributed by atoms with Crippen LogP contribution in [-0.2, 0) is 0 Å². The van der Waals surface area contributed by atoms with Crippen LogP contribution >= 0.6 is 0 Å². The van der Waals surface area contributed by atoms with Crippen molar-refractivity contribution in [2.75, 3.05) is 5.32 Å². The zero-order valence-electron chi connectivity index (χ0n) is 12.6. The van der Waals surface area contributed by atoms with Crippen molar-refractivity contribution in [3.63, 3.8) is 0 Å². The molecule has 3 aromatic rings. The second-order valence-corrected chi connectivity index (χ2v) is 5.22. The normalized spacial score (nSPS) is 10.3. The minimum absolute atomic E-state index is 0.154. The number of carbonyl (C=O) groups is 2. The summed E-state index contributed by atoms with van der Waals surface area (Å²) in [6, 6.07) is 18.0. The smallest absolute Gasteiger partial charge is 0.255 e. The summed E-state index contributed by atoms with van der Waals surface area (Å²) in [6.07, 6.45) is 0.666. The van der Waals surface area contributed by atoms with Gasteiger partial charge in [0.2, 0.25) is 0 Å². The lowest BCUT2D eigenvalue weighted by Crippen LogP contribution is -2.11. The average Bonchev–Trinajstić information content (AvgIpc) is 3.05. The largest absolute Gasteiger partial charge is 0.453 e. The van der Waals surface area contributed by atoms with Crippen molar-refractivity contribution in [2.45, 2.75) is 6.92 Å². The van der Waals surface area contributed by atoms with E-state index in [1.54, 1.807) is 36.4 Å². The summed E-state index contributed by atoms with van der Waals surface area (Å²) in [6.45, 7) is 1.98. The first-order valence-electron chi connectivity index (χ1n) is 7.19. The van der Waals surface area contributed by atoms with E-state index in [1.165, 1.54) is 0 Å². The second kappa shape index (κ2) is 6.32. The Labute approximate surface area is 133 Å². The van der Waals surface area contributed by atoms with Crippen molar-refractivity contribution in [1.29, 1.82) is 0 Å². The van der Waals surface area contributed by atoms with Gasteiger partial charge in [-0.15, -0.1) is 0 Å². The van der Waals surface area contributed by atoms with Crippen LogP contribution in [0.15, 0.2) is 65.1 Å². The number of amides is 1. The van der Waals surface area contributed by atoms with Crippen molar-refractivity contribution in [3.8, 4) is 11.3 Å². The second-order valence-electron chi connectivity index (χ2n) is 5.22. The molecule has 0 saturated heterocycles. The maximum atomic E-state index is 12.2. The summed E-state index contributed by atoms with van der Waals surface area (Å²) in [5.74, 6) is 0.749. The molecule has 2 aromatic carbocycles. The molecule has 0 radical (unpaired) electrons. The molecule has 23 heavy (non-hydrogen) atoms. The fourth-order valence-corrected chi connectivity index (χ4v) is 2.20. The van der Waals surface area contributed by atoms with Crippen LogP contribution in [0.25, 0.3) is 11.3 Å². The quantitative estimate of drug-likeness (QED) is 0.730. The lowest BCUT2D eigenvalue weighted by atomic mass is 10.1. The van der Waals surface area contributed by atoms with Gasteiger partial charge in [0.15, 0.2) is 12.0 Å². The molecular weight excluding hydrogens is 290 g/mol. The van der Waals surface area contributed by atoms with Crippen LogP contribution in [0, 0.1) is 6.92 Å². The van der Waals surface area contributed by atoms with Gasteiger partial charge in [-0.25, -0.2) is 0 Å². The average molecular weight is 305 g/mol. The Hall–Kier alpha value is -3.14. The maximum Gasteiger partial charge on any atom is 0.255 e. The fourth-order valence-electron chi connectivity index (χ4n) is 2.20. The number of aryl methyl sites for hydroxylation is 1. The third kappa shape index (κ3) is 3.37. The Kier molecular flexibility index (Phi) is 4.06. The number of furan rings is 1. The summed E-state index contributed by atoms with van der Waals surface area (Å²) >= 11 is 0. The Bertz CT molecular complexity index is 830. The first-order valence-corrected chi connectivity index (χ1v) is 7.19. The highest BCUT2D eigenvalue weighted by atomic mass is 16.3. The summed E-state index contributed by atoms with van der Waals surface area (Å²) in [7, 11) is 0. The third-order valence-corrected chi connectivity index (χ3v) is 3.48. The number of anilines is 1. The van der Waals surface area contributed by atoms with E-state index in [0.717, 1.165) is 11.1 Å². The number of nitrogens with one attached hydrogen (secondary N) is 1. The number of benzene rings is 2. The molecule has 3 rings (SSSR count). The molecule has 114 valence electrons. The predicted octanol–water partition coefficient (Wildman–Crippen LogP) is 4.32. The zero-order valence-corrected chi connectivity index (χ0v) is 12.6. The predicted molar refractivity (Wildman–Crippen MR) is 88.7 cm³/mol. The lowest BCUT2D eigenvalue weighted by Gasteiger charge is -2.06. The van der Waals surface area contributed by atoms with E-state index in [9.17, 15) is 9.59 Å². The van der Waals surface area contributed by atoms with E-state index < -0.39 is 0 Å². The fraction of sp³-hybridized carbons (Fsp3) is 0.0526. The number of hydrogen-bond acceptors (Lipinski definition) is 3. The van der Waals surface area contributed by atoms with Crippen LogP contribution in [0.2, 0.25) is 0 Å². The van der Waals surface area contributed by atoms with Gasteiger partial charge in [-0.05, 0) is 55.5 Å². The Morgan fingerprint density at radius 3 is 2.26 bits per heavy atom. The molecule has 1 aromatic heterocycles. The monoisotopic (exact) mass is 305 g/mol. The topological polar surface area (TPSA) is 59.3 Å². The van der Waals surface area contributed by atoms with Crippen molar-refractivity contribution in [2.24, 2.45) is 0 Å². The van der Waals surface area contributed by atoms with E-state index >= 15 is 0 Å². The Morgan fingerprint density at radius 1 is 0.957 bits per heavy atom. The number of hydrogen-bond donors (Lipinski definition) is 1. The summed E-state index contributed by atoms with van der Waals surface area (Å²) in [5, 5.41) is 2.85. The molecule has 0 aliphatic heterocycles. The lowest BCUT2D eigenvalue weighted by molar-refractivity contribution is 0.102. The first-order chi connectivity index (χ1) is 11.2. The van der Waals surface area contributed by atoms with Crippen LogP contribution in [-0.4, -0.2) is 12.2 Å². The maximum absolute atomic E-state index is 12.2. The van der Waals surface area contributed by atoms with Crippen LogP contribution < -0.4 is 5.32 Å². The standard InChI is InChI=1S/C19H15NO3/c1-13-2-4-15(5-3-13)19(22)20-16-8-6-14(7-9-16)18-11-10-17(12-21)23-18/h2-12H,1H3,(H,20,22). The van der Waals surface area contributed by atoms with Gasteiger partial charge < -0.3 is 9.73 Å². The molecule has 0 aliphatic rings. The highest BCUT2D eigenvalue weighted by Gasteiger charge is 2.07. The van der Waals surface area contributed by atoms with Gasteiger partial charge in [-0.1, -0.05) is 17.7 Å². The third-order valence-electron chi connectivity index (χ3n) is 3.48. The van der Waals surface area contributed by atoms with E-state index in [0.29, 0.717) is 23.3 Å². The van der Waals surface area contributed by atoms with Crippen LogP contribution in [0.1, 0.15) is 26.5 Å². The van der Waals surface area contributed by atoms with Gasteiger partial charge in [0, 0.05) is 16.8 Å². The van der Waals surface area contributed by atoms with Gasteiger partial charge in [0.1, 0.15) is 5.76 Å². The molecule has 1 N–H and O–H groups in total. The highest BCUT2D eigenvalue weighted by Crippen LogP contribution is 2.23. The molecule has 0 unspecified atom stereocenters. The minimum Gasteiger partial charge on any atom is -0.453 e. The Balaban J connectivity index is 1.73. The van der Waals surface area contributed by atoms with Crippen molar-refractivity contribution < 1.29 is 14.0 Å². The van der Waals surface area contributed by atoms with Gasteiger partial charge in [-0.2, -0.15) is 0 Å². The molecule has 0 spiro atoms. The van der Waals surface area contributed by atoms with Crippen molar-refractivity contribution in [3.05, 3.63) is 77.6 Å². The van der Waals surface area contributed by atoms with Gasteiger partial charge in [0.05, 0.1) is 0 Å². The Morgan fingerprint density at radius 2 is 1.65 bits per heavy atom. The van der Waals surface area contributed by atoms with Gasteiger partial charge in [-0.3, -0.25) is 9.59 Å². The van der Waals surface area contributed by atoms with Gasteiger partial charge >= 0.3 is 0 Å². The summed E-state index contributed by atoms with van der Waals surface area (Å²) in [5.41, 5.74) is 3.26. The summed E-state index contributed by atoms with van der Waals surface area (Å²) < 4.78 is 5.36. The van der Waals surface area contributed by atoms with Crippen LogP contribution in [0.5, 0.6) is 0 Å². The zero-order chi connectivity index (χ0) is 16.2. The molecule has 1 heterocycles. The number of aldehydes is 1.